The fraction of sp³-hybridized carbons (Fsp3) is 0.125. The van der Waals surface area contributed by atoms with Crippen molar-refractivity contribution in [2.45, 2.75) is 11.6 Å². The Labute approximate surface area is 162 Å². The Balaban J connectivity index is 2.31. The summed E-state index contributed by atoms with van der Waals surface area (Å²) >= 11 is 4.79. The second kappa shape index (κ2) is 6.95. The smallest absolute Gasteiger partial charge is 0.417 e. The van der Waals surface area contributed by atoms with Crippen molar-refractivity contribution in [1.29, 1.82) is 0 Å². The van der Waals surface area contributed by atoms with E-state index in [0.29, 0.717) is 0 Å². The van der Waals surface area contributed by atoms with Crippen LogP contribution in [0, 0.1) is 10.1 Å². The number of ether oxygens (including phenoxy) is 1. The van der Waals surface area contributed by atoms with Crippen LogP contribution in [0.3, 0.4) is 0 Å². The van der Waals surface area contributed by atoms with Crippen LogP contribution in [0.1, 0.15) is 21.7 Å². The van der Waals surface area contributed by atoms with E-state index in [2.05, 4.69) is 4.98 Å². The molecule has 2 aromatic carbocycles. The first-order chi connectivity index (χ1) is 13.4. The van der Waals surface area contributed by atoms with Gasteiger partial charge in [-0.1, -0.05) is 18.2 Å². The number of carbonyl (C=O) groups is 1. The third-order valence-electron chi connectivity index (χ3n) is 3.67. The lowest BCUT2D eigenvalue weighted by molar-refractivity contribution is -0.383. The number of nitrogens with zero attached hydrogens (tertiary/aromatic N) is 2. The molecule has 3 aromatic rings. The standard InChI is InChI=1S/C16H7ClF5N3O4/c17-15(18,19)14-23-9-6-8(16(20,21)22)10(12(25(27)28)11(9)24-14)13(26)29-7-4-2-1-3-5-7/h1-6H,(H,23,24). The van der Waals surface area contributed by atoms with E-state index in [1.807, 2.05) is 4.98 Å². The number of alkyl halides is 6. The first-order valence-corrected chi connectivity index (χ1v) is 7.90. The molecule has 0 radical (unpaired) electrons. The fourth-order valence-electron chi connectivity index (χ4n) is 2.52. The van der Waals surface area contributed by atoms with Crippen LogP contribution in [0.15, 0.2) is 36.4 Å². The highest BCUT2D eigenvalue weighted by molar-refractivity contribution is 6.21. The molecule has 1 N–H and O–H groups in total. The van der Waals surface area contributed by atoms with Gasteiger partial charge in [0.2, 0.25) is 0 Å². The molecule has 0 amide bonds. The van der Waals surface area contributed by atoms with E-state index in [1.54, 1.807) is 0 Å². The molecular weight excluding hydrogens is 429 g/mol. The average molecular weight is 436 g/mol. The van der Waals surface area contributed by atoms with Crippen LogP contribution < -0.4 is 4.74 Å². The average Bonchev–Trinajstić information content (AvgIpc) is 3.04. The minimum atomic E-state index is -5.25. The largest absolute Gasteiger partial charge is 0.423 e. The summed E-state index contributed by atoms with van der Waals surface area (Å²) in [7, 11) is 0. The van der Waals surface area contributed by atoms with Gasteiger partial charge in [-0.15, -0.1) is 0 Å². The second-order valence-corrected chi connectivity index (χ2v) is 6.06. The molecule has 0 bridgehead atoms. The fourth-order valence-corrected chi connectivity index (χ4v) is 2.61. The maximum Gasteiger partial charge on any atom is 0.417 e. The molecule has 0 unspecified atom stereocenters. The Hall–Kier alpha value is -3.28. The number of hydrogen-bond donors (Lipinski definition) is 1. The third kappa shape index (κ3) is 3.97. The zero-order valence-corrected chi connectivity index (χ0v) is 14.5. The molecule has 0 aliphatic rings. The van der Waals surface area contributed by atoms with Gasteiger partial charge < -0.3 is 9.72 Å². The number of nitro benzene ring substituents is 1. The Morgan fingerprint density at radius 1 is 1.17 bits per heavy atom. The lowest BCUT2D eigenvalue weighted by Crippen LogP contribution is -2.19. The minimum absolute atomic E-state index is 0.185. The van der Waals surface area contributed by atoms with Gasteiger partial charge in [0.1, 0.15) is 5.75 Å². The van der Waals surface area contributed by atoms with Gasteiger partial charge in [-0.3, -0.25) is 10.1 Å². The van der Waals surface area contributed by atoms with Crippen molar-refractivity contribution >= 4 is 34.3 Å². The van der Waals surface area contributed by atoms with E-state index in [9.17, 15) is 36.9 Å². The van der Waals surface area contributed by atoms with Crippen molar-refractivity contribution < 1.29 is 36.4 Å². The number of nitro groups is 1. The van der Waals surface area contributed by atoms with Crippen LogP contribution in [0.2, 0.25) is 0 Å². The lowest BCUT2D eigenvalue weighted by Gasteiger charge is -2.13. The highest BCUT2D eigenvalue weighted by Crippen LogP contribution is 2.42. The number of fused-ring (bicyclic) bond motifs is 1. The van der Waals surface area contributed by atoms with Gasteiger partial charge in [0.05, 0.1) is 16.0 Å². The van der Waals surface area contributed by atoms with Crippen LogP contribution in [-0.2, 0) is 11.6 Å². The molecule has 152 valence electrons. The van der Waals surface area contributed by atoms with E-state index in [1.165, 1.54) is 30.3 Å². The van der Waals surface area contributed by atoms with Crippen molar-refractivity contribution in [3.05, 3.63) is 63.5 Å². The normalized spacial score (nSPS) is 12.2. The molecule has 7 nitrogen and oxygen atoms in total. The van der Waals surface area contributed by atoms with Crippen LogP contribution in [0.5, 0.6) is 5.75 Å². The molecule has 3 rings (SSSR count). The summed E-state index contributed by atoms with van der Waals surface area (Å²) in [6.45, 7) is 0. The minimum Gasteiger partial charge on any atom is -0.423 e. The molecule has 0 atom stereocenters. The molecule has 0 saturated carbocycles. The summed E-state index contributed by atoms with van der Waals surface area (Å²) in [5.74, 6) is -3.21. The number of aromatic nitrogens is 2. The molecule has 1 heterocycles. The van der Waals surface area contributed by atoms with Crippen LogP contribution in [0.4, 0.5) is 27.6 Å². The molecule has 0 fully saturated rings. The number of carbonyl (C=O) groups excluding carboxylic acids is 1. The van der Waals surface area contributed by atoms with Crippen LogP contribution in [-0.4, -0.2) is 20.9 Å². The van der Waals surface area contributed by atoms with E-state index in [-0.39, 0.29) is 11.8 Å². The predicted octanol–water partition coefficient (Wildman–Crippen LogP) is 5.00. The molecule has 0 spiro atoms. The predicted molar refractivity (Wildman–Crippen MR) is 88.9 cm³/mol. The SMILES string of the molecule is O=C(Oc1ccccc1)c1c(C(F)(F)F)cc2[nH]c(C(F)(F)Cl)nc2c1[N+](=O)[O-]. The molecular formula is C16H7ClF5N3O4. The third-order valence-corrected chi connectivity index (χ3v) is 3.84. The molecule has 13 heteroatoms. The summed E-state index contributed by atoms with van der Waals surface area (Å²) in [4.78, 5) is 27.6. The number of esters is 1. The maximum atomic E-state index is 13.5. The van der Waals surface area contributed by atoms with E-state index < -0.39 is 56.1 Å². The van der Waals surface area contributed by atoms with Gasteiger partial charge in [0, 0.05) is 0 Å². The van der Waals surface area contributed by atoms with Crippen molar-refractivity contribution in [1.82, 2.24) is 9.97 Å². The van der Waals surface area contributed by atoms with Crippen molar-refractivity contribution in [2.24, 2.45) is 0 Å². The number of aromatic amines is 1. The van der Waals surface area contributed by atoms with E-state index in [4.69, 9.17) is 16.3 Å². The highest BCUT2D eigenvalue weighted by atomic mass is 35.5. The zero-order chi connectivity index (χ0) is 21.6. The number of nitrogens with one attached hydrogen (secondary N) is 1. The molecule has 0 aliphatic heterocycles. The second-order valence-electron chi connectivity index (χ2n) is 5.58. The highest BCUT2D eigenvalue weighted by Gasteiger charge is 2.44. The summed E-state index contributed by atoms with van der Waals surface area (Å²) in [5, 5.41) is 7.34. The van der Waals surface area contributed by atoms with Gasteiger partial charge in [-0.25, -0.2) is 9.78 Å². The van der Waals surface area contributed by atoms with Gasteiger partial charge in [-0.05, 0) is 29.8 Å². The van der Waals surface area contributed by atoms with Crippen LogP contribution in [0.25, 0.3) is 11.0 Å². The van der Waals surface area contributed by atoms with Gasteiger partial charge in [0.25, 0.3) is 0 Å². The summed E-state index contributed by atoms with van der Waals surface area (Å²) in [6.07, 6.45) is -5.25. The molecule has 0 aliphatic carbocycles. The Morgan fingerprint density at radius 2 is 1.79 bits per heavy atom. The van der Waals surface area contributed by atoms with E-state index >= 15 is 0 Å². The first kappa shape index (κ1) is 20.5. The quantitative estimate of drug-likeness (QED) is 0.155. The first-order valence-electron chi connectivity index (χ1n) is 7.52. The van der Waals surface area contributed by atoms with E-state index in [0.717, 1.165) is 0 Å². The summed E-state index contributed by atoms with van der Waals surface area (Å²) in [5.41, 5.74) is -6.34. The maximum absolute atomic E-state index is 13.5. The summed E-state index contributed by atoms with van der Waals surface area (Å²) in [6, 6.07) is 7.07. The number of benzene rings is 2. The van der Waals surface area contributed by atoms with Gasteiger partial charge >= 0.3 is 23.2 Å². The number of para-hydroxylation sites is 1. The Morgan fingerprint density at radius 3 is 2.31 bits per heavy atom. The monoisotopic (exact) mass is 435 g/mol. The molecule has 29 heavy (non-hydrogen) atoms. The number of hydrogen-bond acceptors (Lipinski definition) is 5. The zero-order valence-electron chi connectivity index (χ0n) is 13.8. The Bertz CT molecular complexity index is 1110. The Kier molecular flexibility index (Phi) is 4.91. The van der Waals surface area contributed by atoms with Crippen LogP contribution >= 0.6 is 11.6 Å². The molecule has 0 saturated heterocycles. The van der Waals surface area contributed by atoms with Gasteiger partial charge in [-0.2, -0.15) is 22.0 Å². The lowest BCUT2D eigenvalue weighted by atomic mass is 10.0. The van der Waals surface area contributed by atoms with Crippen molar-refractivity contribution in [3.63, 3.8) is 0 Å². The molecule has 1 aromatic heterocycles. The topological polar surface area (TPSA) is 98.1 Å². The van der Waals surface area contributed by atoms with Crippen molar-refractivity contribution in [3.8, 4) is 5.75 Å². The summed E-state index contributed by atoms with van der Waals surface area (Å²) < 4.78 is 71.9. The number of H-pyrrole nitrogens is 1. The number of halogens is 6. The number of imidazole rings is 1. The van der Waals surface area contributed by atoms with Gasteiger partial charge in [0.15, 0.2) is 16.9 Å². The van der Waals surface area contributed by atoms with Crippen molar-refractivity contribution in [2.75, 3.05) is 0 Å². The number of rotatable bonds is 4.